The van der Waals surface area contributed by atoms with Gasteiger partial charge in [-0.3, -0.25) is 0 Å². The van der Waals surface area contributed by atoms with E-state index in [4.69, 9.17) is 15.7 Å². The standard InChI is InChI=1S/C10H20B2S/c1-9(2,5-11)7-13-8-10(3,4)6-12/h5-8H2,1-4H3. The molecule has 0 spiro atoms. The summed E-state index contributed by atoms with van der Waals surface area (Å²) in [6.45, 7) is 8.82. The van der Waals surface area contributed by atoms with Crippen molar-refractivity contribution < 1.29 is 0 Å². The van der Waals surface area contributed by atoms with Crippen molar-refractivity contribution in [2.24, 2.45) is 10.8 Å². The summed E-state index contributed by atoms with van der Waals surface area (Å²) in [6, 6.07) is 0. The van der Waals surface area contributed by atoms with Crippen LogP contribution in [0.15, 0.2) is 0 Å². The normalized spacial score (nSPS) is 13.2. The lowest BCUT2D eigenvalue weighted by Gasteiger charge is -2.27. The fourth-order valence-electron chi connectivity index (χ4n) is 0.721. The first-order chi connectivity index (χ1) is 5.83. The molecule has 0 bridgehead atoms. The first-order valence-corrected chi connectivity index (χ1v) is 5.96. The Balaban J connectivity index is 3.68. The Kier molecular flexibility index (Phi) is 5.58. The van der Waals surface area contributed by atoms with Crippen LogP contribution in [0.1, 0.15) is 27.7 Å². The van der Waals surface area contributed by atoms with E-state index in [1.54, 1.807) is 0 Å². The summed E-state index contributed by atoms with van der Waals surface area (Å²) >= 11 is 1.96. The molecule has 0 amide bonds. The molecular formula is C10H20B2S. The van der Waals surface area contributed by atoms with Crippen molar-refractivity contribution in [1.29, 1.82) is 0 Å². The fourth-order valence-corrected chi connectivity index (χ4v) is 2.16. The molecule has 0 saturated carbocycles. The third-order valence-electron chi connectivity index (χ3n) is 2.09. The summed E-state index contributed by atoms with van der Waals surface area (Å²) in [6.07, 6.45) is 1.51. The van der Waals surface area contributed by atoms with E-state index in [0.717, 1.165) is 24.1 Å². The van der Waals surface area contributed by atoms with Crippen LogP contribution < -0.4 is 0 Å². The van der Waals surface area contributed by atoms with Crippen molar-refractivity contribution >= 4 is 27.5 Å². The van der Waals surface area contributed by atoms with Crippen LogP contribution in [0.5, 0.6) is 0 Å². The van der Waals surface area contributed by atoms with Gasteiger partial charge in [0.15, 0.2) is 0 Å². The van der Waals surface area contributed by atoms with E-state index in [1.165, 1.54) is 0 Å². The molecule has 0 aromatic rings. The van der Waals surface area contributed by atoms with Crippen LogP contribution in [-0.2, 0) is 0 Å². The summed E-state index contributed by atoms with van der Waals surface area (Å²) < 4.78 is 0. The molecule has 3 heteroatoms. The molecule has 72 valence electrons. The smallest absolute Gasteiger partial charge is 0.0660 e. The molecule has 0 atom stereocenters. The van der Waals surface area contributed by atoms with Gasteiger partial charge >= 0.3 is 0 Å². The van der Waals surface area contributed by atoms with E-state index in [-0.39, 0.29) is 10.8 Å². The highest BCUT2D eigenvalue weighted by molar-refractivity contribution is 7.99. The molecule has 0 aliphatic carbocycles. The Morgan fingerprint density at radius 2 is 1.15 bits per heavy atom. The molecule has 0 saturated heterocycles. The van der Waals surface area contributed by atoms with Crippen molar-refractivity contribution in [2.45, 2.75) is 40.3 Å². The Bertz CT molecular complexity index is 128. The van der Waals surface area contributed by atoms with E-state index in [1.807, 2.05) is 11.8 Å². The Labute approximate surface area is 90.5 Å². The number of thioether (sulfide) groups is 1. The zero-order valence-corrected chi connectivity index (χ0v) is 10.2. The van der Waals surface area contributed by atoms with Crippen molar-refractivity contribution in [2.75, 3.05) is 11.5 Å². The van der Waals surface area contributed by atoms with Gasteiger partial charge in [0.25, 0.3) is 0 Å². The average Bonchev–Trinajstić information content (AvgIpc) is 2.04. The van der Waals surface area contributed by atoms with Gasteiger partial charge < -0.3 is 0 Å². The molecule has 4 radical (unpaired) electrons. The molecule has 0 heterocycles. The van der Waals surface area contributed by atoms with Gasteiger partial charge in [-0.05, 0) is 22.3 Å². The highest BCUT2D eigenvalue weighted by Crippen LogP contribution is 2.30. The molecule has 0 aliphatic heterocycles. The first kappa shape index (κ1) is 13.5. The summed E-state index contributed by atoms with van der Waals surface area (Å²) in [5.74, 6) is 2.24. The van der Waals surface area contributed by atoms with Gasteiger partial charge in [0, 0.05) is 0 Å². The average molecular weight is 194 g/mol. The van der Waals surface area contributed by atoms with Gasteiger partial charge in [-0.2, -0.15) is 11.8 Å². The monoisotopic (exact) mass is 194 g/mol. The number of hydrogen-bond acceptors (Lipinski definition) is 1. The summed E-state index contributed by atoms with van der Waals surface area (Å²) in [7, 11) is 11.3. The molecule has 0 fully saturated rings. The van der Waals surface area contributed by atoms with E-state index in [2.05, 4.69) is 27.7 Å². The van der Waals surface area contributed by atoms with E-state index in [9.17, 15) is 0 Å². The Hall–Kier alpha value is 0.480. The summed E-state index contributed by atoms with van der Waals surface area (Å²) in [5, 5.41) is 0. The molecule has 0 aromatic carbocycles. The Morgan fingerprint density at radius 3 is 1.38 bits per heavy atom. The van der Waals surface area contributed by atoms with Crippen LogP contribution in [-0.4, -0.2) is 27.2 Å². The minimum atomic E-state index is 0.259. The van der Waals surface area contributed by atoms with Gasteiger partial charge in [-0.1, -0.05) is 40.3 Å². The van der Waals surface area contributed by atoms with Crippen molar-refractivity contribution in [1.82, 2.24) is 0 Å². The SMILES string of the molecule is [B]CC(C)(C)CSCC(C)(C)C[B]. The molecule has 0 aromatic heterocycles. The number of rotatable bonds is 6. The predicted octanol–water partition coefficient (Wildman–Crippen LogP) is 2.95. The van der Waals surface area contributed by atoms with Gasteiger partial charge in [0.2, 0.25) is 0 Å². The molecule has 0 unspecified atom stereocenters. The molecular weight excluding hydrogens is 174 g/mol. The van der Waals surface area contributed by atoms with Crippen molar-refractivity contribution in [3.05, 3.63) is 0 Å². The molecule has 0 rings (SSSR count). The maximum Gasteiger partial charge on any atom is 0.0660 e. The maximum absolute atomic E-state index is 5.65. The highest BCUT2D eigenvalue weighted by atomic mass is 32.2. The zero-order chi connectivity index (χ0) is 10.5. The van der Waals surface area contributed by atoms with Gasteiger partial charge in [0.1, 0.15) is 0 Å². The first-order valence-electron chi connectivity index (χ1n) is 4.81. The number of hydrogen-bond donors (Lipinski definition) is 0. The second kappa shape index (κ2) is 5.38. The van der Waals surface area contributed by atoms with E-state index in [0.29, 0.717) is 0 Å². The second-order valence-electron chi connectivity index (χ2n) is 5.23. The molecule has 0 aliphatic rings. The van der Waals surface area contributed by atoms with Crippen LogP contribution >= 0.6 is 11.8 Å². The van der Waals surface area contributed by atoms with E-state index >= 15 is 0 Å². The lowest BCUT2D eigenvalue weighted by Crippen LogP contribution is -2.18. The highest BCUT2D eigenvalue weighted by Gasteiger charge is 2.18. The quantitative estimate of drug-likeness (QED) is 0.585. The van der Waals surface area contributed by atoms with Crippen LogP contribution in [0.3, 0.4) is 0 Å². The minimum Gasteiger partial charge on any atom is -0.161 e. The molecule has 0 N–H and O–H groups in total. The zero-order valence-electron chi connectivity index (χ0n) is 9.39. The van der Waals surface area contributed by atoms with Crippen molar-refractivity contribution in [3.63, 3.8) is 0 Å². The minimum absolute atomic E-state index is 0.259. The lowest BCUT2D eigenvalue weighted by molar-refractivity contribution is 0.466. The van der Waals surface area contributed by atoms with Gasteiger partial charge in [-0.25, -0.2) is 0 Å². The van der Waals surface area contributed by atoms with Crippen LogP contribution in [0.4, 0.5) is 0 Å². The fraction of sp³-hybridized carbons (Fsp3) is 1.00. The van der Waals surface area contributed by atoms with Crippen LogP contribution in [0.25, 0.3) is 0 Å². The van der Waals surface area contributed by atoms with Gasteiger partial charge in [0.05, 0.1) is 15.7 Å². The molecule has 0 nitrogen and oxygen atoms in total. The predicted molar refractivity (Wildman–Crippen MR) is 66.0 cm³/mol. The summed E-state index contributed by atoms with van der Waals surface area (Å²) in [4.78, 5) is 0. The second-order valence-corrected chi connectivity index (χ2v) is 6.22. The van der Waals surface area contributed by atoms with Crippen molar-refractivity contribution in [3.8, 4) is 0 Å². The summed E-state index contributed by atoms with van der Waals surface area (Å²) in [5.41, 5.74) is 0.519. The van der Waals surface area contributed by atoms with Crippen LogP contribution in [0, 0.1) is 10.8 Å². The largest absolute Gasteiger partial charge is 0.161 e. The topological polar surface area (TPSA) is 0 Å². The van der Waals surface area contributed by atoms with Gasteiger partial charge in [-0.15, -0.1) is 0 Å². The maximum atomic E-state index is 5.65. The van der Waals surface area contributed by atoms with Crippen LogP contribution in [0.2, 0.25) is 12.6 Å². The Morgan fingerprint density at radius 1 is 0.846 bits per heavy atom. The lowest BCUT2D eigenvalue weighted by atomic mass is 9.81. The third kappa shape index (κ3) is 6.54. The van der Waals surface area contributed by atoms with E-state index < -0.39 is 0 Å². The third-order valence-corrected chi connectivity index (χ3v) is 4.06. The molecule has 13 heavy (non-hydrogen) atoms.